The van der Waals surface area contributed by atoms with E-state index in [0.717, 1.165) is 0 Å². The molecule has 0 radical (unpaired) electrons. The maximum absolute atomic E-state index is 12.6. The number of amides is 4. The van der Waals surface area contributed by atoms with Crippen LogP contribution in [0.3, 0.4) is 0 Å². The first-order valence-electron chi connectivity index (χ1n) is 8.78. The molecular weight excluding hydrogens is 360 g/mol. The zero-order valence-corrected chi connectivity index (χ0v) is 16.1. The lowest BCUT2D eigenvalue weighted by atomic mass is 10.0. The van der Waals surface area contributed by atoms with Crippen LogP contribution >= 0.6 is 0 Å². The zero-order chi connectivity index (χ0) is 20.5. The second-order valence-corrected chi connectivity index (χ2v) is 6.22. The van der Waals surface area contributed by atoms with E-state index in [2.05, 4.69) is 16.0 Å². The van der Waals surface area contributed by atoms with Crippen LogP contribution in [0.1, 0.15) is 11.6 Å². The Kier molecular flexibility index (Phi) is 7.53. The van der Waals surface area contributed by atoms with Crippen molar-refractivity contribution < 1.29 is 24.0 Å². The molecule has 8 nitrogen and oxygen atoms in total. The van der Waals surface area contributed by atoms with Gasteiger partial charge in [0.25, 0.3) is 11.8 Å². The van der Waals surface area contributed by atoms with E-state index >= 15 is 0 Å². The number of hydrogen-bond donors (Lipinski definition) is 4. The molecule has 2 aromatic rings. The van der Waals surface area contributed by atoms with Crippen LogP contribution in [0.5, 0.6) is 5.75 Å². The SMILES string of the molecule is CNC(=O)NC(=O)[C@H](c1ccccc1)[NH+](C)CC(=O)Nc1cccc(OC)c1. The Morgan fingerprint density at radius 1 is 1.07 bits per heavy atom. The fraction of sp³-hybridized carbons (Fsp3) is 0.250. The van der Waals surface area contributed by atoms with E-state index in [4.69, 9.17) is 4.74 Å². The number of carbonyl (C=O) groups is 3. The van der Waals surface area contributed by atoms with E-state index in [-0.39, 0.29) is 12.5 Å². The minimum Gasteiger partial charge on any atom is -0.497 e. The predicted octanol–water partition coefficient (Wildman–Crippen LogP) is 0.345. The second-order valence-electron chi connectivity index (χ2n) is 6.22. The molecule has 28 heavy (non-hydrogen) atoms. The molecule has 2 atom stereocenters. The quantitative estimate of drug-likeness (QED) is 0.552. The van der Waals surface area contributed by atoms with Gasteiger partial charge < -0.3 is 20.3 Å². The summed E-state index contributed by atoms with van der Waals surface area (Å²) in [5, 5.41) is 7.44. The van der Waals surface area contributed by atoms with E-state index in [9.17, 15) is 14.4 Å². The minimum atomic E-state index is -0.727. The predicted molar refractivity (Wildman–Crippen MR) is 105 cm³/mol. The number of ether oxygens (including phenoxy) is 1. The van der Waals surface area contributed by atoms with Gasteiger partial charge in [0, 0.05) is 24.4 Å². The largest absolute Gasteiger partial charge is 0.497 e. The number of benzene rings is 2. The third-order valence-electron chi connectivity index (χ3n) is 4.14. The van der Waals surface area contributed by atoms with Crippen LogP contribution in [0.2, 0.25) is 0 Å². The molecule has 2 aromatic carbocycles. The summed E-state index contributed by atoms with van der Waals surface area (Å²) >= 11 is 0. The molecule has 148 valence electrons. The second kappa shape index (κ2) is 10.1. The minimum absolute atomic E-state index is 0.0257. The number of methoxy groups -OCH3 is 1. The van der Waals surface area contributed by atoms with Crippen molar-refractivity contribution in [2.24, 2.45) is 0 Å². The van der Waals surface area contributed by atoms with Gasteiger partial charge in [-0.1, -0.05) is 36.4 Å². The van der Waals surface area contributed by atoms with Crippen molar-refractivity contribution in [3.63, 3.8) is 0 Å². The van der Waals surface area contributed by atoms with Gasteiger partial charge in [0.05, 0.1) is 14.2 Å². The smallest absolute Gasteiger partial charge is 0.321 e. The normalized spacial score (nSPS) is 12.4. The van der Waals surface area contributed by atoms with Crippen LogP contribution < -0.4 is 25.6 Å². The molecule has 0 heterocycles. The zero-order valence-electron chi connectivity index (χ0n) is 16.1. The summed E-state index contributed by atoms with van der Waals surface area (Å²) in [6.07, 6.45) is 0. The molecule has 0 aliphatic carbocycles. The van der Waals surface area contributed by atoms with Gasteiger partial charge in [-0.3, -0.25) is 14.9 Å². The fourth-order valence-electron chi connectivity index (χ4n) is 2.81. The summed E-state index contributed by atoms with van der Waals surface area (Å²) in [5.41, 5.74) is 1.30. The first-order chi connectivity index (χ1) is 13.4. The maximum atomic E-state index is 12.6. The van der Waals surface area contributed by atoms with Crippen molar-refractivity contribution in [2.45, 2.75) is 6.04 Å². The van der Waals surface area contributed by atoms with E-state index in [1.807, 2.05) is 6.07 Å². The lowest BCUT2D eigenvalue weighted by Crippen LogP contribution is -3.11. The van der Waals surface area contributed by atoms with Crippen molar-refractivity contribution in [3.05, 3.63) is 60.2 Å². The third kappa shape index (κ3) is 5.82. The molecule has 0 spiro atoms. The molecule has 2 rings (SSSR count). The van der Waals surface area contributed by atoms with E-state index in [1.54, 1.807) is 62.7 Å². The number of likely N-dealkylation sites (N-methyl/N-ethyl adjacent to an activating group) is 1. The van der Waals surface area contributed by atoms with E-state index in [1.165, 1.54) is 7.05 Å². The molecule has 8 heteroatoms. The Bertz CT molecular complexity index is 826. The van der Waals surface area contributed by atoms with Crippen molar-refractivity contribution in [2.75, 3.05) is 33.1 Å². The molecule has 0 fully saturated rings. The van der Waals surface area contributed by atoms with Crippen molar-refractivity contribution in [3.8, 4) is 5.75 Å². The number of urea groups is 1. The maximum Gasteiger partial charge on any atom is 0.321 e. The molecule has 4 N–H and O–H groups in total. The van der Waals surface area contributed by atoms with Crippen LogP contribution in [0, 0.1) is 0 Å². The van der Waals surface area contributed by atoms with Gasteiger partial charge in [-0.25, -0.2) is 4.79 Å². The highest BCUT2D eigenvalue weighted by molar-refractivity contribution is 5.97. The molecule has 0 aliphatic heterocycles. The Balaban J connectivity index is 2.12. The number of imide groups is 1. The molecule has 0 saturated heterocycles. The number of carbonyl (C=O) groups excluding carboxylic acids is 3. The summed E-state index contributed by atoms with van der Waals surface area (Å²) < 4.78 is 5.15. The fourth-order valence-corrected chi connectivity index (χ4v) is 2.81. The number of quaternary nitrogens is 1. The van der Waals surface area contributed by atoms with Gasteiger partial charge in [-0.15, -0.1) is 0 Å². The van der Waals surface area contributed by atoms with E-state index in [0.29, 0.717) is 21.9 Å². The first-order valence-corrected chi connectivity index (χ1v) is 8.78. The topological polar surface area (TPSA) is 101 Å². The Morgan fingerprint density at radius 2 is 1.79 bits per heavy atom. The first kappa shape index (κ1) is 20.9. The Hall–Kier alpha value is -3.39. The molecule has 1 unspecified atom stereocenters. The Labute approximate surface area is 163 Å². The van der Waals surface area contributed by atoms with Gasteiger partial charge >= 0.3 is 6.03 Å². The van der Waals surface area contributed by atoms with Crippen LogP contribution in [0.4, 0.5) is 10.5 Å². The van der Waals surface area contributed by atoms with Gasteiger partial charge in [-0.2, -0.15) is 0 Å². The summed E-state index contributed by atoms with van der Waals surface area (Å²) in [4.78, 5) is 37.3. The highest BCUT2D eigenvalue weighted by Gasteiger charge is 2.31. The van der Waals surface area contributed by atoms with Crippen LogP contribution in [0.25, 0.3) is 0 Å². The van der Waals surface area contributed by atoms with Crippen LogP contribution in [-0.4, -0.2) is 45.6 Å². The average molecular weight is 385 g/mol. The summed E-state index contributed by atoms with van der Waals surface area (Å²) in [7, 11) is 4.71. The molecule has 0 aliphatic rings. The van der Waals surface area contributed by atoms with Crippen LogP contribution in [0.15, 0.2) is 54.6 Å². The summed E-state index contributed by atoms with van der Waals surface area (Å²) in [5.74, 6) is -0.123. The third-order valence-corrected chi connectivity index (χ3v) is 4.14. The number of nitrogens with one attached hydrogen (secondary N) is 4. The molecule has 0 bridgehead atoms. The van der Waals surface area contributed by atoms with Gasteiger partial charge in [-0.05, 0) is 12.1 Å². The lowest BCUT2D eigenvalue weighted by molar-refractivity contribution is -0.894. The standard InChI is InChI=1S/C20H24N4O4/c1-21-20(27)23-19(26)18(14-8-5-4-6-9-14)24(2)13-17(25)22-15-10-7-11-16(12-15)28-3/h4-12,18H,13H2,1-3H3,(H,22,25)(H2,21,23,26,27)/p+1/t18-/m0/s1. The monoisotopic (exact) mass is 385 g/mol. The highest BCUT2D eigenvalue weighted by Crippen LogP contribution is 2.16. The Morgan fingerprint density at radius 3 is 2.43 bits per heavy atom. The molecule has 4 amide bonds. The van der Waals surface area contributed by atoms with E-state index < -0.39 is 18.0 Å². The van der Waals surface area contributed by atoms with Gasteiger partial charge in [0.1, 0.15) is 5.75 Å². The van der Waals surface area contributed by atoms with Gasteiger partial charge in [0.15, 0.2) is 12.6 Å². The lowest BCUT2D eigenvalue weighted by Gasteiger charge is -2.24. The van der Waals surface area contributed by atoms with Crippen LogP contribution in [-0.2, 0) is 9.59 Å². The molecule has 0 aromatic heterocycles. The summed E-state index contributed by atoms with van der Waals surface area (Å²) in [6.45, 7) is 0.0257. The highest BCUT2D eigenvalue weighted by atomic mass is 16.5. The van der Waals surface area contributed by atoms with Crippen molar-refractivity contribution in [1.29, 1.82) is 0 Å². The van der Waals surface area contributed by atoms with Gasteiger partial charge in [0.2, 0.25) is 0 Å². The van der Waals surface area contributed by atoms with Crippen molar-refractivity contribution in [1.82, 2.24) is 10.6 Å². The average Bonchev–Trinajstić information content (AvgIpc) is 2.68. The summed E-state index contributed by atoms with van der Waals surface area (Å²) in [6, 6.07) is 14.7. The number of anilines is 1. The molecule has 0 saturated carbocycles. The number of rotatable bonds is 7. The molecular formula is C20H25N4O4+. The van der Waals surface area contributed by atoms with Crippen molar-refractivity contribution >= 4 is 23.5 Å². The number of hydrogen-bond acceptors (Lipinski definition) is 4.